The Hall–Kier alpha value is -2.62. The number of fused-ring (bicyclic) bond motifs is 1. The van der Waals surface area contributed by atoms with Crippen molar-refractivity contribution >= 4 is 22.4 Å². The van der Waals surface area contributed by atoms with Gasteiger partial charge >= 0.3 is 0 Å². The Morgan fingerprint density at radius 2 is 1.90 bits per heavy atom. The second-order valence-corrected chi connectivity index (χ2v) is 5.28. The summed E-state index contributed by atoms with van der Waals surface area (Å²) in [4.78, 5) is 15.7. The van der Waals surface area contributed by atoms with E-state index in [1.807, 2.05) is 25.1 Å². The third-order valence-corrected chi connectivity index (χ3v) is 3.60. The van der Waals surface area contributed by atoms with Gasteiger partial charge < -0.3 is 10.7 Å². The van der Waals surface area contributed by atoms with Crippen LogP contribution < -0.4 is 5.73 Å². The highest BCUT2D eigenvalue weighted by molar-refractivity contribution is 6.16. The molecule has 2 aromatic carbocycles. The molecule has 0 fully saturated rings. The highest BCUT2D eigenvalue weighted by atomic mass is 19.1. The van der Waals surface area contributed by atoms with E-state index in [4.69, 9.17) is 5.73 Å². The summed E-state index contributed by atoms with van der Waals surface area (Å²) in [7, 11) is 0. The summed E-state index contributed by atoms with van der Waals surface area (Å²) in [5.74, 6) is -0.881. The van der Waals surface area contributed by atoms with Crippen LogP contribution in [0.15, 0.2) is 36.5 Å². The fraction of sp³-hybridized carbons (Fsp3) is 0.118. The van der Waals surface area contributed by atoms with Crippen LogP contribution in [0.4, 0.5) is 10.1 Å². The summed E-state index contributed by atoms with van der Waals surface area (Å²) >= 11 is 0. The Bertz CT molecular complexity index is 865. The van der Waals surface area contributed by atoms with Crippen LogP contribution in [0, 0.1) is 19.7 Å². The van der Waals surface area contributed by atoms with Gasteiger partial charge in [-0.25, -0.2) is 4.39 Å². The molecule has 3 rings (SSSR count). The van der Waals surface area contributed by atoms with Gasteiger partial charge in [-0.05, 0) is 43.2 Å². The van der Waals surface area contributed by atoms with Gasteiger partial charge in [0.1, 0.15) is 5.82 Å². The van der Waals surface area contributed by atoms with Gasteiger partial charge in [-0.3, -0.25) is 4.79 Å². The molecule has 0 spiro atoms. The van der Waals surface area contributed by atoms with Crippen molar-refractivity contribution in [3.05, 3.63) is 64.6 Å². The molecule has 0 radical (unpaired) electrons. The van der Waals surface area contributed by atoms with Crippen molar-refractivity contribution in [2.24, 2.45) is 0 Å². The molecule has 0 aliphatic carbocycles. The number of aryl methyl sites for hydroxylation is 2. The number of nitrogen functional groups attached to an aromatic ring is 1. The van der Waals surface area contributed by atoms with E-state index in [0.29, 0.717) is 16.8 Å². The van der Waals surface area contributed by atoms with Crippen LogP contribution >= 0.6 is 0 Å². The van der Waals surface area contributed by atoms with Crippen LogP contribution in [-0.4, -0.2) is 10.8 Å². The highest BCUT2D eigenvalue weighted by Gasteiger charge is 2.19. The van der Waals surface area contributed by atoms with E-state index in [2.05, 4.69) is 4.98 Å². The molecule has 21 heavy (non-hydrogen) atoms. The first-order chi connectivity index (χ1) is 9.97. The first kappa shape index (κ1) is 13.4. The van der Waals surface area contributed by atoms with Crippen molar-refractivity contribution in [3.8, 4) is 0 Å². The monoisotopic (exact) mass is 282 g/mol. The number of carbonyl (C=O) groups excluding carboxylic acids is 1. The van der Waals surface area contributed by atoms with Gasteiger partial charge in [-0.2, -0.15) is 0 Å². The number of H-pyrrole nitrogens is 1. The lowest BCUT2D eigenvalue weighted by Crippen LogP contribution is -2.06. The SMILES string of the molecule is Cc1ccc2c(C(=O)c3cc(N)cc(C)c3F)c[nH]c2c1. The second-order valence-electron chi connectivity index (χ2n) is 5.28. The maximum atomic E-state index is 14.2. The van der Waals surface area contributed by atoms with Gasteiger partial charge in [0.05, 0.1) is 5.56 Å². The van der Waals surface area contributed by atoms with Gasteiger partial charge in [0, 0.05) is 28.4 Å². The summed E-state index contributed by atoms with van der Waals surface area (Å²) in [6.07, 6.45) is 1.62. The summed E-state index contributed by atoms with van der Waals surface area (Å²) in [5.41, 5.74) is 8.89. The molecule has 0 saturated heterocycles. The molecular formula is C17H15FN2O. The summed E-state index contributed by atoms with van der Waals surface area (Å²) in [5, 5.41) is 0.782. The van der Waals surface area contributed by atoms with Crippen LogP contribution in [-0.2, 0) is 0 Å². The van der Waals surface area contributed by atoms with Crippen molar-refractivity contribution in [2.75, 3.05) is 5.73 Å². The zero-order chi connectivity index (χ0) is 15.1. The average molecular weight is 282 g/mol. The molecule has 0 unspecified atom stereocenters. The number of benzene rings is 2. The number of hydrogen-bond acceptors (Lipinski definition) is 2. The van der Waals surface area contributed by atoms with Crippen LogP contribution in [0.1, 0.15) is 27.0 Å². The van der Waals surface area contributed by atoms with Gasteiger partial charge in [-0.1, -0.05) is 12.1 Å². The number of nitrogens with one attached hydrogen (secondary N) is 1. The zero-order valence-corrected chi connectivity index (χ0v) is 11.8. The highest BCUT2D eigenvalue weighted by Crippen LogP contribution is 2.25. The van der Waals surface area contributed by atoms with Gasteiger partial charge in [-0.15, -0.1) is 0 Å². The van der Waals surface area contributed by atoms with E-state index in [9.17, 15) is 9.18 Å². The Kier molecular flexibility index (Phi) is 3.01. The molecule has 106 valence electrons. The predicted molar refractivity (Wildman–Crippen MR) is 82.0 cm³/mol. The molecule has 0 bridgehead atoms. The van der Waals surface area contributed by atoms with E-state index >= 15 is 0 Å². The van der Waals surface area contributed by atoms with Crippen molar-refractivity contribution in [3.63, 3.8) is 0 Å². The topological polar surface area (TPSA) is 58.9 Å². The fourth-order valence-electron chi connectivity index (χ4n) is 2.54. The van der Waals surface area contributed by atoms with E-state index < -0.39 is 5.82 Å². The predicted octanol–water partition coefficient (Wildman–Crippen LogP) is 3.74. The molecule has 0 atom stereocenters. The number of aromatic nitrogens is 1. The Morgan fingerprint density at radius 3 is 2.67 bits per heavy atom. The first-order valence-corrected chi connectivity index (χ1v) is 6.65. The number of ketones is 1. The molecule has 1 heterocycles. The molecule has 1 aromatic heterocycles. The number of carbonyl (C=O) groups is 1. The minimum Gasteiger partial charge on any atom is -0.399 e. The maximum Gasteiger partial charge on any atom is 0.198 e. The fourth-order valence-corrected chi connectivity index (χ4v) is 2.54. The lowest BCUT2D eigenvalue weighted by Gasteiger charge is -2.06. The van der Waals surface area contributed by atoms with E-state index in [1.165, 1.54) is 12.1 Å². The molecule has 3 nitrogen and oxygen atoms in total. The molecule has 0 amide bonds. The van der Waals surface area contributed by atoms with Gasteiger partial charge in [0.2, 0.25) is 0 Å². The number of halogens is 1. The minimum absolute atomic E-state index is 0.00831. The third-order valence-electron chi connectivity index (χ3n) is 3.60. The van der Waals surface area contributed by atoms with Crippen LogP contribution in [0.5, 0.6) is 0 Å². The number of aromatic amines is 1. The Morgan fingerprint density at radius 1 is 1.14 bits per heavy atom. The quantitative estimate of drug-likeness (QED) is 0.555. The zero-order valence-electron chi connectivity index (χ0n) is 11.8. The normalized spacial score (nSPS) is 11.0. The number of nitrogens with two attached hydrogens (primary N) is 1. The average Bonchev–Trinajstić information content (AvgIpc) is 2.84. The molecule has 0 saturated carbocycles. The summed E-state index contributed by atoms with van der Waals surface area (Å²) < 4.78 is 14.2. The first-order valence-electron chi connectivity index (χ1n) is 6.65. The molecule has 4 heteroatoms. The summed E-state index contributed by atoms with van der Waals surface area (Å²) in [6, 6.07) is 8.65. The third kappa shape index (κ3) is 2.18. The molecule has 3 N–H and O–H groups in total. The minimum atomic E-state index is -0.518. The maximum absolute atomic E-state index is 14.2. The van der Waals surface area contributed by atoms with Gasteiger partial charge in [0.25, 0.3) is 0 Å². The summed E-state index contributed by atoms with van der Waals surface area (Å²) in [6.45, 7) is 3.57. The number of rotatable bonds is 2. The van der Waals surface area contributed by atoms with Crippen LogP contribution in [0.3, 0.4) is 0 Å². The lowest BCUT2D eigenvalue weighted by atomic mass is 9.99. The molecular weight excluding hydrogens is 267 g/mol. The lowest BCUT2D eigenvalue weighted by molar-refractivity contribution is 0.103. The molecule has 0 aliphatic rings. The molecule has 0 aliphatic heterocycles. The largest absolute Gasteiger partial charge is 0.399 e. The Balaban J connectivity index is 2.17. The van der Waals surface area contributed by atoms with E-state index in [0.717, 1.165) is 16.5 Å². The van der Waals surface area contributed by atoms with Crippen molar-refractivity contribution in [2.45, 2.75) is 13.8 Å². The van der Waals surface area contributed by atoms with Crippen molar-refractivity contribution in [1.29, 1.82) is 0 Å². The second kappa shape index (κ2) is 4.74. The van der Waals surface area contributed by atoms with Crippen molar-refractivity contribution in [1.82, 2.24) is 4.98 Å². The standard InChI is InChI=1S/C17H15FN2O/c1-9-3-4-12-14(8-20-15(12)5-9)17(21)13-7-11(19)6-10(2)16(13)18/h3-8,20H,19H2,1-2H3. The number of anilines is 1. The number of hydrogen-bond donors (Lipinski definition) is 2. The van der Waals surface area contributed by atoms with Crippen molar-refractivity contribution < 1.29 is 9.18 Å². The van der Waals surface area contributed by atoms with Crippen LogP contribution in [0.25, 0.3) is 10.9 Å². The van der Waals surface area contributed by atoms with Gasteiger partial charge in [0.15, 0.2) is 5.78 Å². The van der Waals surface area contributed by atoms with E-state index in [-0.39, 0.29) is 11.3 Å². The Labute approximate surface area is 121 Å². The van der Waals surface area contributed by atoms with Crippen LogP contribution in [0.2, 0.25) is 0 Å². The smallest absolute Gasteiger partial charge is 0.198 e. The molecule has 3 aromatic rings. The van der Waals surface area contributed by atoms with E-state index in [1.54, 1.807) is 13.1 Å².